The van der Waals surface area contributed by atoms with Gasteiger partial charge < -0.3 is 4.84 Å². The molecule has 1 atom stereocenters. The van der Waals surface area contributed by atoms with Crippen molar-refractivity contribution < 1.29 is 18.0 Å². The highest BCUT2D eigenvalue weighted by atomic mass is 32.2. The Kier molecular flexibility index (Phi) is 5.24. The number of hydroxylamine groups is 1. The largest absolute Gasteiger partial charge is 0.467 e. The number of amides is 1. The lowest BCUT2D eigenvalue weighted by Crippen LogP contribution is -2.30. The lowest BCUT2D eigenvalue weighted by molar-refractivity contribution is 0.0806. The highest BCUT2D eigenvalue weighted by molar-refractivity contribution is 7.62. The fourth-order valence-electron chi connectivity index (χ4n) is 1.10. The van der Waals surface area contributed by atoms with Gasteiger partial charge in [-0.15, -0.1) is 5.48 Å². The van der Waals surface area contributed by atoms with E-state index in [1.807, 2.05) is 12.1 Å². The number of hydrogen-bond donors (Lipinski definition) is 1. The molecule has 0 saturated heterocycles. The first-order valence-electron chi connectivity index (χ1n) is 4.75. The van der Waals surface area contributed by atoms with Crippen LogP contribution < -0.4 is 5.48 Å². The van der Waals surface area contributed by atoms with Crippen molar-refractivity contribution in [3.63, 3.8) is 0 Å². The van der Waals surface area contributed by atoms with Crippen LogP contribution in [0.4, 0.5) is 4.79 Å². The summed E-state index contributed by atoms with van der Waals surface area (Å²) in [4.78, 5) is 19.3. The molecule has 1 aromatic rings. The number of aromatic nitrogens is 1. The molecule has 8 heteroatoms. The van der Waals surface area contributed by atoms with E-state index in [0.717, 1.165) is 5.69 Å². The fourth-order valence-corrected chi connectivity index (χ4v) is 1.26. The zero-order valence-corrected chi connectivity index (χ0v) is 9.85. The molecule has 0 saturated carbocycles. The average Bonchev–Trinajstić information content (AvgIpc) is 2.27. The third kappa shape index (κ3) is 5.73. The summed E-state index contributed by atoms with van der Waals surface area (Å²) in [6, 6.07) is 5.27. The molecule has 1 amide bonds. The van der Waals surface area contributed by atoms with Gasteiger partial charge in [-0.2, -0.15) is 8.42 Å². The monoisotopic (exact) mass is 257 g/mol. The molecule has 0 aliphatic rings. The van der Waals surface area contributed by atoms with E-state index >= 15 is 0 Å². The lowest BCUT2D eigenvalue weighted by Gasteiger charge is -2.10. The molecule has 0 spiro atoms. The highest BCUT2D eigenvalue weighted by Gasteiger charge is 2.07. The number of carbonyl (C=O) groups is 1. The van der Waals surface area contributed by atoms with Crippen LogP contribution in [0.1, 0.15) is 12.6 Å². The van der Waals surface area contributed by atoms with Gasteiger partial charge in [0, 0.05) is 24.4 Å². The SMILES string of the molecule is CC(Cc1ccccn1)NOC(=O)N=S(=O)=O. The van der Waals surface area contributed by atoms with Crippen molar-refractivity contribution in [2.75, 3.05) is 0 Å². The van der Waals surface area contributed by atoms with Crippen molar-refractivity contribution in [2.24, 2.45) is 4.36 Å². The molecule has 17 heavy (non-hydrogen) atoms. The van der Waals surface area contributed by atoms with E-state index in [4.69, 9.17) is 0 Å². The molecule has 0 radical (unpaired) electrons. The van der Waals surface area contributed by atoms with Gasteiger partial charge in [0.15, 0.2) is 0 Å². The van der Waals surface area contributed by atoms with Crippen LogP contribution in [0.5, 0.6) is 0 Å². The average molecular weight is 257 g/mol. The molecule has 1 N–H and O–H groups in total. The van der Waals surface area contributed by atoms with Gasteiger partial charge in [0.25, 0.3) is 0 Å². The molecule has 1 unspecified atom stereocenters. The summed E-state index contributed by atoms with van der Waals surface area (Å²) < 4.78 is 22.7. The number of hydrogen-bond acceptors (Lipinski definition) is 6. The molecule has 0 fully saturated rings. The van der Waals surface area contributed by atoms with Crippen LogP contribution in [0, 0.1) is 0 Å². The van der Waals surface area contributed by atoms with Crippen molar-refractivity contribution >= 4 is 16.6 Å². The van der Waals surface area contributed by atoms with Gasteiger partial charge in [-0.25, -0.2) is 4.79 Å². The molecule has 7 nitrogen and oxygen atoms in total. The number of rotatable bonds is 4. The van der Waals surface area contributed by atoms with E-state index in [2.05, 4.69) is 19.7 Å². The zero-order valence-electron chi connectivity index (χ0n) is 9.03. The van der Waals surface area contributed by atoms with Crippen LogP contribution in [0.25, 0.3) is 0 Å². The van der Waals surface area contributed by atoms with E-state index in [-0.39, 0.29) is 6.04 Å². The van der Waals surface area contributed by atoms with Gasteiger partial charge in [0.1, 0.15) is 0 Å². The standard InChI is InChI=1S/C9H11N3O4S/c1-7(6-8-4-2-3-5-10-8)11-16-9(13)12-17(14)15/h2-5,7,11H,6H2,1H3. The number of nitrogens with one attached hydrogen (secondary N) is 1. The number of carbonyl (C=O) groups excluding carboxylic acids is 1. The summed E-state index contributed by atoms with van der Waals surface area (Å²) in [6.07, 6.45) is 0.990. The summed E-state index contributed by atoms with van der Waals surface area (Å²) >= 11 is 0. The maximum atomic E-state index is 10.8. The van der Waals surface area contributed by atoms with E-state index in [9.17, 15) is 13.2 Å². The summed E-state index contributed by atoms with van der Waals surface area (Å²) in [5.74, 6) is 0. The number of nitrogens with zero attached hydrogens (tertiary/aromatic N) is 2. The van der Waals surface area contributed by atoms with Gasteiger partial charge in [0.05, 0.1) is 0 Å². The third-order valence-electron chi connectivity index (χ3n) is 1.74. The van der Waals surface area contributed by atoms with Gasteiger partial charge in [-0.1, -0.05) is 10.4 Å². The number of pyridine rings is 1. The Labute approximate surface area is 99.5 Å². The molecular weight excluding hydrogens is 246 g/mol. The van der Waals surface area contributed by atoms with E-state index in [1.54, 1.807) is 19.2 Å². The van der Waals surface area contributed by atoms with Crippen molar-refractivity contribution in [1.82, 2.24) is 10.5 Å². The first kappa shape index (κ1) is 13.3. The van der Waals surface area contributed by atoms with Gasteiger partial charge >= 0.3 is 16.6 Å². The van der Waals surface area contributed by atoms with E-state index in [0.29, 0.717) is 6.42 Å². The minimum absolute atomic E-state index is 0.205. The Morgan fingerprint density at radius 1 is 1.59 bits per heavy atom. The summed E-state index contributed by atoms with van der Waals surface area (Å²) in [7, 11) is -2.80. The molecule has 0 bridgehead atoms. The molecule has 92 valence electrons. The second kappa shape index (κ2) is 6.71. The van der Waals surface area contributed by atoms with E-state index < -0.39 is 16.6 Å². The normalized spacial score (nSPS) is 11.6. The Bertz CT molecular complexity index is 492. The van der Waals surface area contributed by atoms with Crippen LogP contribution in [0.15, 0.2) is 28.8 Å². The molecule has 0 aromatic carbocycles. The fraction of sp³-hybridized carbons (Fsp3) is 0.333. The summed E-state index contributed by atoms with van der Waals surface area (Å²) in [6.45, 7) is 1.76. The van der Waals surface area contributed by atoms with Crippen LogP contribution in [0.2, 0.25) is 0 Å². The minimum Gasteiger partial charge on any atom is -0.351 e. The molecule has 0 aliphatic carbocycles. The first-order valence-corrected chi connectivity index (χ1v) is 5.78. The molecule has 0 aliphatic heterocycles. The van der Waals surface area contributed by atoms with Gasteiger partial charge in [0.2, 0.25) is 0 Å². The Morgan fingerprint density at radius 2 is 2.35 bits per heavy atom. The van der Waals surface area contributed by atoms with Crippen LogP contribution in [0.3, 0.4) is 0 Å². The van der Waals surface area contributed by atoms with Crippen LogP contribution in [-0.4, -0.2) is 25.5 Å². The Hall–Kier alpha value is -1.80. The van der Waals surface area contributed by atoms with Crippen molar-refractivity contribution in [3.8, 4) is 0 Å². The highest BCUT2D eigenvalue weighted by Crippen LogP contribution is 1.98. The summed E-state index contributed by atoms with van der Waals surface area (Å²) in [5, 5.41) is 0. The molecule has 1 rings (SSSR count). The second-order valence-corrected chi connectivity index (χ2v) is 3.84. The predicted octanol–water partition coefficient (Wildman–Crippen LogP) is 0.717. The quantitative estimate of drug-likeness (QED) is 0.798. The second-order valence-electron chi connectivity index (χ2n) is 3.22. The predicted molar refractivity (Wildman–Crippen MR) is 58.4 cm³/mol. The lowest BCUT2D eigenvalue weighted by atomic mass is 10.2. The van der Waals surface area contributed by atoms with Crippen molar-refractivity contribution in [1.29, 1.82) is 0 Å². The van der Waals surface area contributed by atoms with Crippen LogP contribution >= 0.6 is 0 Å². The maximum absolute atomic E-state index is 10.8. The first-order chi connectivity index (χ1) is 8.08. The van der Waals surface area contributed by atoms with Gasteiger partial charge in [-0.3, -0.25) is 4.98 Å². The molecule has 1 heterocycles. The topological polar surface area (TPSA) is 97.7 Å². The third-order valence-corrected chi connectivity index (χ3v) is 2.04. The smallest absolute Gasteiger partial charge is 0.351 e. The maximum Gasteiger partial charge on any atom is 0.467 e. The van der Waals surface area contributed by atoms with Crippen LogP contribution in [-0.2, 0) is 21.8 Å². The Morgan fingerprint density at radius 3 is 2.94 bits per heavy atom. The van der Waals surface area contributed by atoms with Crippen molar-refractivity contribution in [2.45, 2.75) is 19.4 Å². The Balaban J connectivity index is 2.38. The van der Waals surface area contributed by atoms with Gasteiger partial charge in [-0.05, 0) is 19.1 Å². The van der Waals surface area contributed by atoms with Crippen molar-refractivity contribution in [3.05, 3.63) is 30.1 Å². The molecule has 1 aromatic heterocycles. The zero-order chi connectivity index (χ0) is 12.7. The summed E-state index contributed by atoms with van der Waals surface area (Å²) in [5.41, 5.74) is 3.21. The minimum atomic E-state index is -2.80. The molecular formula is C9H11N3O4S. The van der Waals surface area contributed by atoms with E-state index in [1.165, 1.54) is 0 Å².